The van der Waals surface area contributed by atoms with Gasteiger partial charge < -0.3 is 4.74 Å². The molecule has 0 unspecified atom stereocenters. The molecular weight excluding hydrogens is 334 g/mol. The minimum atomic E-state index is -3.91. The van der Waals surface area contributed by atoms with Gasteiger partial charge in [-0.25, -0.2) is 18.4 Å². The Morgan fingerprint density at radius 3 is 2.26 bits per heavy atom. The molecule has 0 spiro atoms. The van der Waals surface area contributed by atoms with E-state index in [0.717, 1.165) is 0 Å². The third-order valence-corrected chi connectivity index (χ3v) is 4.41. The summed E-state index contributed by atoms with van der Waals surface area (Å²) in [6.07, 6.45) is 0. The summed E-state index contributed by atoms with van der Waals surface area (Å²) in [7, 11) is -3.91. The zero-order valence-electron chi connectivity index (χ0n) is 11.2. The molecule has 19 heavy (non-hydrogen) atoms. The van der Waals surface area contributed by atoms with Crippen molar-refractivity contribution in [1.29, 1.82) is 0 Å². The van der Waals surface area contributed by atoms with E-state index in [2.05, 4.69) is 15.9 Å². The van der Waals surface area contributed by atoms with E-state index in [0.29, 0.717) is 10.0 Å². The molecular formula is C12H16BrNO4S. The lowest BCUT2D eigenvalue weighted by Gasteiger charge is -2.20. The summed E-state index contributed by atoms with van der Waals surface area (Å²) in [6, 6.07) is 2.76. The van der Waals surface area contributed by atoms with E-state index in [1.54, 1.807) is 33.8 Å². The van der Waals surface area contributed by atoms with E-state index < -0.39 is 21.6 Å². The molecule has 2 N–H and O–H groups in total. The highest BCUT2D eigenvalue weighted by atomic mass is 79.9. The highest BCUT2D eigenvalue weighted by Crippen LogP contribution is 2.27. The molecule has 0 aliphatic carbocycles. The fourth-order valence-corrected chi connectivity index (χ4v) is 3.01. The highest BCUT2D eigenvalue weighted by Gasteiger charge is 2.22. The standard InChI is InChI=1S/C12H16BrNO4S/c1-7-5-8(11(15)18-12(2,3)4)6-9(10(7)13)19(14,16)17/h5-6H,1-4H3,(H2,14,16,17). The SMILES string of the molecule is Cc1cc(C(=O)OC(C)(C)C)cc(S(N)(=O)=O)c1Br. The number of hydrogen-bond acceptors (Lipinski definition) is 4. The number of ether oxygens (including phenoxy) is 1. The number of sulfonamides is 1. The van der Waals surface area contributed by atoms with Crippen molar-refractivity contribution in [2.75, 3.05) is 0 Å². The Hall–Kier alpha value is -0.920. The number of esters is 1. The van der Waals surface area contributed by atoms with Crippen molar-refractivity contribution in [2.24, 2.45) is 5.14 Å². The van der Waals surface area contributed by atoms with Crippen LogP contribution >= 0.6 is 15.9 Å². The number of nitrogens with two attached hydrogens (primary N) is 1. The van der Waals surface area contributed by atoms with Crippen LogP contribution in [-0.4, -0.2) is 20.0 Å². The van der Waals surface area contributed by atoms with Crippen molar-refractivity contribution < 1.29 is 17.9 Å². The Morgan fingerprint density at radius 2 is 1.84 bits per heavy atom. The molecule has 0 heterocycles. The Bertz CT molecular complexity index is 617. The Labute approximate surface area is 121 Å². The number of aryl methyl sites for hydroxylation is 1. The molecule has 7 heteroatoms. The molecule has 0 bridgehead atoms. The van der Waals surface area contributed by atoms with Gasteiger partial charge in [-0.1, -0.05) is 0 Å². The molecule has 0 atom stereocenters. The summed E-state index contributed by atoms with van der Waals surface area (Å²) in [6.45, 7) is 6.87. The van der Waals surface area contributed by atoms with E-state index in [9.17, 15) is 13.2 Å². The molecule has 1 aromatic rings. The second-order valence-corrected chi connectivity index (χ2v) is 7.48. The van der Waals surface area contributed by atoms with Crippen LogP contribution in [0.25, 0.3) is 0 Å². The second kappa shape index (κ2) is 5.22. The molecule has 0 aliphatic heterocycles. The number of benzene rings is 1. The van der Waals surface area contributed by atoms with Crippen LogP contribution in [0.15, 0.2) is 21.5 Å². The Kier molecular flexibility index (Phi) is 4.44. The van der Waals surface area contributed by atoms with E-state index in [-0.39, 0.29) is 10.5 Å². The molecule has 0 fully saturated rings. The fraction of sp³-hybridized carbons (Fsp3) is 0.417. The van der Waals surface area contributed by atoms with Gasteiger partial charge in [0.15, 0.2) is 0 Å². The number of primary sulfonamides is 1. The number of carbonyl (C=O) groups is 1. The molecule has 0 amide bonds. The van der Waals surface area contributed by atoms with Gasteiger partial charge in [-0.05, 0) is 61.3 Å². The van der Waals surface area contributed by atoms with Gasteiger partial charge in [0, 0.05) is 4.47 Å². The van der Waals surface area contributed by atoms with Crippen molar-refractivity contribution in [3.8, 4) is 0 Å². The molecule has 106 valence electrons. The zero-order chi connectivity index (χ0) is 15.0. The summed E-state index contributed by atoms with van der Waals surface area (Å²) in [4.78, 5) is 11.8. The Morgan fingerprint density at radius 1 is 1.32 bits per heavy atom. The first kappa shape index (κ1) is 16.1. The van der Waals surface area contributed by atoms with Crippen LogP contribution in [0.2, 0.25) is 0 Å². The molecule has 1 aromatic carbocycles. The minimum Gasteiger partial charge on any atom is -0.456 e. The maximum absolute atomic E-state index is 11.9. The molecule has 0 aliphatic rings. The van der Waals surface area contributed by atoms with Crippen LogP contribution in [0, 0.1) is 6.92 Å². The van der Waals surface area contributed by atoms with Gasteiger partial charge in [0.25, 0.3) is 0 Å². The predicted octanol–water partition coefficient (Wildman–Crippen LogP) is 2.36. The lowest BCUT2D eigenvalue weighted by molar-refractivity contribution is 0.00691. The third kappa shape index (κ3) is 4.29. The Balaban J connectivity index is 3.33. The third-order valence-electron chi connectivity index (χ3n) is 2.16. The van der Waals surface area contributed by atoms with Crippen molar-refractivity contribution in [1.82, 2.24) is 0 Å². The molecule has 0 saturated carbocycles. The van der Waals surface area contributed by atoms with Gasteiger partial charge in [-0.15, -0.1) is 0 Å². The normalized spacial score (nSPS) is 12.3. The number of halogens is 1. The van der Waals surface area contributed by atoms with Crippen LogP contribution in [0.1, 0.15) is 36.7 Å². The minimum absolute atomic E-state index is 0.131. The summed E-state index contributed by atoms with van der Waals surface area (Å²) < 4.78 is 28.5. The average molecular weight is 350 g/mol. The van der Waals surface area contributed by atoms with Gasteiger partial charge in [-0.3, -0.25) is 0 Å². The van der Waals surface area contributed by atoms with Gasteiger partial charge in [0.1, 0.15) is 5.60 Å². The number of hydrogen-bond donors (Lipinski definition) is 1. The van der Waals surface area contributed by atoms with Crippen molar-refractivity contribution >= 4 is 31.9 Å². The van der Waals surface area contributed by atoms with Crippen LogP contribution in [-0.2, 0) is 14.8 Å². The van der Waals surface area contributed by atoms with Gasteiger partial charge in [0.2, 0.25) is 10.0 Å². The van der Waals surface area contributed by atoms with E-state index in [1.807, 2.05) is 0 Å². The maximum atomic E-state index is 11.9. The highest BCUT2D eigenvalue weighted by molar-refractivity contribution is 9.10. The topological polar surface area (TPSA) is 86.5 Å². The van der Waals surface area contributed by atoms with E-state index in [4.69, 9.17) is 9.88 Å². The summed E-state index contributed by atoms with van der Waals surface area (Å²) in [5.41, 5.74) is 0.0897. The monoisotopic (exact) mass is 349 g/mol. The zero-order valence-corrected chi connectivity index (χ0v) is 13.6. The van der Waals surface area contributed by atoms with Crippen LogP contribution in [0.3, 0.4) is 0 Å². The second-order valence-electron chi connectivity index (χ2n) is 5.15. The van der Waals surface area contributed by atoms with Crippen molar-refractivity contribution in [3.05, 3.63) is 27.7 Å². The number of rotatable bonds is 2. The van der Waals surface area contributed by atoms with E-state index >= 15 is 0 Å². The lowest BCUT2D eigenvalue weighted by atomic mass is 10.1. The average Bonchev–Trinajstić information content (AvgIpc) is 2.17. The maximum Gasteiger partial charge on any atom is 0.338 e. The van der Waals surface area contributed by atoms with Crippen molar-refractivity contribution in [3.63, 3.8) is 0 Å². The lowest BCUT2D eigenvalue weighted by Crippen LogP contribution is -2.24. The van der Waals surface area contributed by atoms with Crippen LogP contribution in [0.5, 0.6) is 0 Å². The summed E-state index contributed by atoms with van der Waals surface area (Å²) in [5.74, 6) is -0.590. The predicted molar refractivity (Wildman–Crippen MR) is 75.4 cm³/mol. The molecule has 0 radical (unpaired) electrons. The van der Waals surface area contributed by atoms with Crippen LogP contribution < -0.4 is 5.14 Å². The molecule has 0 saturated heterocycles. The largest absolute Gasteiger partial charge is 0.456 e. The van der Waals surface area contributed by atoms with Crippen LogP contribution in [0.4, 0.5) is 0 Å². The quantitative estimate of drug-likeness (QED) is 0.830. The molecule has 0 aromatic heterocycles. The van der Waals surface area contributed by atoms with Crippen molar-refractivity contribution in [2.45, 2.75) is 38.2 Å². The van der Waals surface area contributed by atoms with Gasteiger partial charge >= 0.3 is 5.97 Å². The number of carbonyl (C=O) groups excluding carboxylic acids is 1. The first-order valence-corrected chi connectivity index (χ1v) is 7.82. The fourth-order valence-electron chi connectivity index (χ4n) is 1.40. The molecule has 1 rings (SSSR count). The van der Waals surface area contributed by atoms with Gasteiger partial charge in [0.05, 0.1) is 10.5 Å². The first-order chi connectivity index (χ1) is 8.42. The molecule has 5 nitrogen and oxygen atoms in total. The van der Waals surface area contributed by atoms with E-state index in [1.165, 1.54) is 6.07 Å². The smallest absolute Gasteiger partial charge is 0.338 e. The van der Waals surface area contributed by atoms with Gasteiger partial charge in [-0.2, -0.15) is 0 Å². The summed E-state index contributed by atoms with van der Waals surface area (Å²) >= 11 is 3.15. The first-order valence-electron chi connectivity index (χ1n) is 5.48. The summed E-state index contributed by atoms with van der Waals surface area (Å²) in [5, 5.41) is 5.11.